The van der Waals surface area contributed by atoms with E-state index in [2.05, 4.69) is 5.32 Å². The molecule has 22 heavy (non-hydrogen) atoms. The predicted molar refractivity (Wildman–Crippen MR) is 79.5 cm³/mol. The van der Waals surface area contributed by atoms with E-state index in [9.17, 15) is 19.2 Å². The monoisotopic (exact) mass is 343 g/mol. The van der Waals surface area contributed by atoms with Crippen LogP contribution in [0, 0.1) is 5.92 Å². The van der Waals surface area contributed by atoms with Crippen LogP contribution in [0.2, 0.25) is 10.0 Å². The Morgan fingerprint density at radius 2 is 1.64 bits per heavy atom. The van der Waals surface area contributed by atoms with Crippen molar-refractivity contribution in [3.05, 3.63) is 28.2 Å². The highest BCUT2D eigenvalue weighted by atomic mass is 35.5. The number of amides is 5. The molecular weight excluding hydrogens is 333 g/mol. The van der Waals surface area contributed by atoms with Crippen LogP contribution in [0.5, 0.6) is 0 Å². The lowest BCUT2D eigenvalue weighted by Gasteiger charge is -2.32. The molecule has 9 heteroatoms. The van der Waals surface area contributed by atoms with E-state index >= 15 is 0 Å². The second-order valence-corrected chi connectivity index (χ2v) is 5.47. The number of carbonyl (C=O) groups excluding carboxylic acids is 4. The summed E-state index contributed by atoms with van der Waals surface area (Å²) in [5.41, 5.74) is 0.168. The first-order valence-corrected chi connectivity index (χ1v) is 6.84. The summed E-state index contributed by atoms with van der Waals surface area (Å²) >= 11 is 11.7. The van der Waals surface area contributed by atoms with Gasteiger partial charge in [0.15, 0.2) is 5.92 Å². The Bertz CT molecular complexity index is 668. The lowest BCUT2D eigenvalue weighted by molar-refractivity contribution is -0.151. The fraction of sp³-hybridized carbons (Fsp3) is 0.231. The minimum Gasteiger partial charge on any atom is -0.324 e. The highest BCUT2D eigenvalue weighted by Gasteiger charge is 2.46. The van der Waals surface area contributed by atoms with Crippen LogP contribution in [0.25, 0.3) is 0 Å². The number of rotatable bonds is 2. The quantitative estimate of drug-likeness (QED) is 0.826. The SMILES string of the molecule is CN1C(=O)C(C(=O)Nc2cc(Cl)ccc2Cl)C(=O)N(C)C1=O. The summed E-state index contributed by atoms with van der Waals surface area (Å²) in [6.45, 7) is 0. The van der Waals surface area contributed by atoms with E-state index < -0.39 is 29.7 Å². The second-order valence-electron chi connectivity index (χ2n) is 4.62. The Morgan fingerprint density at radius 1 is 1.09 bits per heavy atom. The van der Waals surface area contributed by atoms with E-state index in [1.165, 1.54) is 32.3 Å². The third kappa shape index (κ3) is 2.77. The standard InChI is InChI=1S/C13H11Cl2N3O4/c1-17-11(20)9(12(21)18(2)13(17)22)10(19)16-8-5-6(14)3-4-7(8)15/h3-5,9H,1-2H3,(H,16,19). The molecule has 1 aliphatic heterocycles. The van der Waals surface area contributed by atoms with Gasteiger partial charge in [-0.05, 0) is 18.2 Å². The number of benzene rings is 1. The van der Waals surface area contributed by atoms with Gasteiger partial charge in [-0.3, -0.25) is 24.2 Å². The van der Waals surface area contributed by atoms with Crippen LogP contribution in [0.1, 0.15) is 0 Å². The van der Waals surface area contributed by atoms with Crippen LogP contribution in [-0.2, 0) is 14.4 Å². The molecule has 2 rings (SSSR count). The molecule has 0 aliphatic carbocycles. The Labute approximate surface area is 135 Å². The molecule has 0 spiro atoms. The average Bonchev–Trinajstić information content (AvgIpc) is 2.47. The van der Waals surface area contributed by atoms with E-state index in [4.69, 9.17) is 23.2 Å². The zero-order chi connectivity index (χ0) is 16.6. The Morgan fingerprint density at radius 3 is 2.18 bits per heavy atom. The van der Waals surface area contributed by atoms with Gasteiger partial charge in [0.25, 0.3) is 11.8 Å². The minimum absolute atomic E-state index is 0.168. The summed E-state index contributed by atoms with van der Waals surface area (Å²) in [5, 5.41) is 2.90. The van der Waals surface area contributed by atoms with Gasteiger partial charge in [-0.2, -0.15) is 0 Å². The smallest absolute Gasteiger partial charge is 0.324 e. The van der Waals surface area contributed by atoms with Crippen LogP contribution < -0.4 is 5.32 Å². The first-order chi connectivity index (χ1) is 10.2. The molecule has 0 unspecified atom stereocenters. The topological polar surface area (TPSA) is 86.8 Å². The summed E-state index contributed by atoms with van der Waals surface area (Å²) in [6, 6.07) is 3.58. The Hall–Kier alpha value is -2.12. The number of halogens is 2. The fourth-order valence-electron chi connectivity index (χ4n) is 1.93. The Balaban J connectivity index is 2.28. The number of urea groups is 1. The summed E-state index contributed by atoms with van der Waals surface area (Å²) in [7, 11) is 2.39. The number of nitrogens with one attached hydrogen (secondary N) is 1. The molecule has 0 saturated carbocycles. The number of carbonyl (C=O) groups is 4. The molecule has 0 bridgehead atoms. The van der Waals surface area contributed by atoms with Gasteiger partial charge in [-0.15, -0.1) is 0 Å². The van der Waals surface area contributed by atoms with Gasteiger partial charge in [0.05, 0.1) is 10.7 Å². The number of hydrogen-bond donors (Lipinski definition) is 1. The molecule has 0 radical (unpaired) electrons. The lowest BCUT2D eigenvalue weighted by Crippen LogP contribution is -2.59. The van der Waals surface area contributed by atoms with E-state index in [-0.39, 0.29) is 10.7 Å². The van der Waals surface area contributed by atoms with E-state index in [1.807, 2.05) is 0 Å². The van der Waals surface area contributed by atoms with E-state index in [0.29, 0.717) is 14.8 Å². The summed E-state index contributed by atoms with van der Waals surface area (Å²) in [6.07, 6.45) is 0. The van der Waals surface area contributed by atoms with Crippen molar-refractivity contribution in [3.63, 3.8) is 0 Å². The predicted octanol–water partition coefficient (Wildman–Crippen LogP) is 1.60. The fourth-order valence-corrected chi connectivity index (χ4v) is 2.27. The van der Waals surface area contributed by atoms with Crippen molar-refractivity contribution in [3.8, 4) is 0 Å². The van der Waals surface area contributed by atoms with Crippen LogP contribution in [0.3, 0.4) is 0 Å². The third-order valence-corrected chi connectivity index (χ3v) is 3.74. The molecule has 1 heterocycles. The van der Waals surface area contributed by atoms with Crippen molar-refractivity contribution in [2.45, 2.75) is 0 Å². The van der Waals surface area contributed by atoms with Crippen molar-refractivity contribution in [1.82, 2.24) is 9.80 Å². The molecular formula is C13H11Cl2N3O4. The van der Waals surface area contributed by atoms with Gasteiger partial charge in [-0.25, -0.2) is 4.79 Å². The molecule has 1 aliphatic rings. The zero-order valence-electron chi connectivity index (χ0n) is 11.6. The van der Waals surface area contributed by atoms with Crippen molar-refractivity contribution < 1.29 is 19.2 Å². The van der Waals surface area contributed by atoms with Gasteiger partial charge < -0.3 is 5.32 Å². The summed E-state index contributed by atoms with van der Waals surface area (Å²) in [5.74, 6) is -4.33. The highest BCUT2D eigenvalue weighted by Crippen LogP contribution is 2.26. The van der Waals surface area contributed by atoms with Gasteiger partial charge in [0, 0.05) is 19.1 Å². The summed E-state index contributed by atoms with van der Waals surface area (Å²) < 4.78 is 0. The molecule has 1 fully saturated rings. The second kappa shape index (κ2) is 5.94. The van der Waals surface area contributed by atoms with Crippen LogP contribution in [0.15, 0.2) is 18.2 Å². The normalized spacial score (nSPS) is 16.3. The van der Waals surface area contributed by atoms with E-state index in [0.717, 1.165) is 0 Å². The van der Waals surface area contributed by atoms with Crippen LogP contribution >= 0.6 is 23.2 Å². The first-order valence-electron chi connectivity index (χ1n) is 6.09. The number of anilines is 1. The minimum atomic E-state index is -1.65. The average molecular weight is 344 g/mol. The number of barbiturate groups is 1. The summed E-state index contributed by atoms with van der Waals surface area (Å²) in [4.78, 5) is 49.3. The van der Waals surface area contributed by atoms with Crippen molar-refractivity contribution in [2.75, 3.05) is 19.4 Å². The molecule has 116 valence electrons. The molecule has 1 saturated heterocycles. The van der Waals surface area contributed by atoms with Crippen molar-refractivity contribution in [1.29, 1.82) is 0 Å². The maximum atomic E-state index is 12.2. The van der Waals surface area contributed by atoms with Crippen LogP contribution in [-0.4, -0.2) is 47.6 Å². The molecule has 0 atom stereocenters. The van der Waals surface area contributed by atoms with Gasteiger partial charge in [-0.1, -0.05) is 23.2 Å². The Kier molecular flexibility index (Phi) is 4.39. The molecule has 5 amide bonds. The lowest BCUT2D eigenvalue weighted by atomic mass is 10.0. The van der Waals surface area contributed by atoms with Crippen molar-refractivity contribution in [2.24, 2.45) is 5.92 Å². The van der Waals surface area contributed by atoms with Gasteiger partial charge in [0.1, 0.15) is 0 Å². The maximum absolute atomic E-state index is 12.2. The maximum Gasteiger partial charge on any atom is 0.332 e. The third-order valence-electron chi connectivity index (χ3n) is 3.18. The van der Waals surface area contributed by atoms with E-state index in [1.54, 1.807) is 0 Å². The van der Waals surface area contributed by atoms with Crippen LogP contribution in [0.4, 0.5) is 10.5 Å². The highest BCUT2D eigenvalue weighted by molar-refractivity contribution is 6.36. The first kappa shape index (κ1) is 16.3. The molecule has 0 aromatic heterocycles. The number of imide groups is 2. The van der Waals surface area contributed by atoms with Gasteiger partial charge >= 0.3 is 6.03 Å². The van der Waals surface area contributed by atoms with Crippen molar-refractivity contribution >= 4 is 52.6 Å². The zero-order valence-corrected chi connectivity index (χ0v) is 13.1. The number of hydrogen-bond acceptors (Lipinski definition) is 4. The molecule has 1 aromatic carbocycles. The number of nitrogens with zero attached hydrogens (tertiary/aromatic N) is 2. The molecule has 1 aromatic rings. The van der Waals surface area contributed by atoms with Gasteiger partial charge in [0.2, 0.25) is 5.91 Å². The largest absolute Gasteiger partial charge is 0.332 e. The molecule has 7 nitrogen and oxygen atoms in total. The molecule has 1 N–H and O–H groups in total.